The Morgan fingerprint density at radius 1 is 1.19 bits per heavy atom. The fraction of sp³-hybridized carbons (Fsp3) is 0.182. The number of benzene rings is 2. The van der Waals surface area contributed by atoms with Crippen LogP contribution in [-0.4, -0.2) is 22.7 Å². The summed E-state index contributed by atoms with van der Waals surface area (Å²) in [6.45, 7) is 3.10. The lowest BCUT2D eigenvalue weighted by Gasteiger charge is -2.11. The second-order valence-corrected chi connectivity index (χ2v) is 5.96. The Morgan fingerprint density at radius 3 is 2.70 bits per heavy atom. The topological polar surface area (TPSA) is 53.4 Å². The number of methoxy groups -OCH3 is 1. The molecule has 0 aliphatic rings. The number of para-hydroxylation sites is 1. The first kappa shape index (κ1) is 18.5. The van der Waals surface area contributed by atoms with Gasteiger partial charge in [-0.1, -0.05) is 30.3 Å². The summed E-state index contributed by atoms with van der Waals surface area (Å²) in [4.78, 5) is 12.3. The van der Waals surface area contributed by atoms with Crippen molar-refractivity contribution < 1.29 is 14.3 Å². The molecule has 0 N–H and O–H groups in total. The van der Waals surface area contributed by atoms with Crippen LogP contribution in [0.1, 0.15) is 28.4 Å². The van der Waals surface area contributed by atoms with Crippen molar-refractivity contribution in [2.45, 2.75) is 20.1 Å². The van der Waals surface area contributed by atoms with E-state index in [9.17, 15) is 4.79 Å². The molecule has 0 saturated carbocycles. The van der Waals surface area contributed by atoms with Crippen LogP contribution < -0.4 is 9.47 Å². The molecule has 0 radical (unpaired) electrons. The molecule has 1 heterocycles. The summed E-state index contributed by atoms with van der Waals surface area (Å²) in [6, 6.07) is 15.4. The molecule has 0 amide bonds. The number of hydrogen-bond acceptors (Lipinski definition) is 4. The molecule has 5 heteroatoms. The van der Waals surface area contributed by atoms with E-state index in [2.05, 4.69) is 5.10 Å². The van der Waals surface area contributed by atoms with Gasteiger partial charge >= 0.3 is 0 Å². The van der Waals surface area contributed by atoms with Crippen molar-refractivity contribution >= 4 is 11.9 Å². The molecular weight excluding hydrogens is 340 g/mol. The molecule has 138 valence electrons. The summed E-state index contributed by atoms with van der Waals surface area (Å²) in [7, 11) is 1.63. The maximum absolute atomic E-state index is 12.3. The molecule has 1 aromatic heterocycles. The van der Waals surface area contributed by atoms with E-state index in [-0.39, 0.29) is 5.78 Å². The van der Waals surface area contributed by atoms with Crippen LogP contribution in [0.2, 0.25) is 0 Å². The minimum atomic E-state index is -0.0763. The van der Waals surface area contributed by atoms with Gasteiger partial charge in [-0.25, -0.2) is 0 Å². The first-order chi connectivity index (χ1) is 13.2. The average molecular weight is 362 g/mol. The molecule has 0 aliphatic carbocycles. The number of aryl methyl sites for hydroxylation is 1. The number of ketones is 1. The highest BCUT2D eigenvalue weighted by molar-refractivity contribution is 6.06. The Labute approximate surface area is 158 Å². The highest BCUT2D eigenvalue weighted by atomic mass is 16.5. The van der Waals surface area contributed by atoms with E-state index >= 15 is 0 Å². The first-order valence-corrected chi connectivity index (χ1v) is 8.79. The second-order valence-electron chi connectivity index (χ2n) is 5.96. The lowest BCUT2D eigenvalue weighted by Crippen LogP contribution is -1.99. The molecule has 0 atom stereocenters. The van der Waals surface area contributed by atoms with Crippen molar-refractivity contribution in [2.24, 2.45) is 0 Å². The Balaban J connectivity index is 1.72. The third kappa shape index (κ3) is 4.85. The zero-order valence-corrected chi connectivity index (χ0v) is 15.5. The molecule has 3 aromatic rings. The molecule has 5 nitrogen and oxygen atoms in total. The normalized spacial score (nSPS) is 10.9. The summed E-state index contributed by atoms with van der Waals surface area (Å²) < 4.78 is 13.0. The van der Waals surface area contributed by atoms with Gasteiger partial charge in [-0.2, -0.15) is 5.10 Å². The van der Waals surface area contributed by atoms with Crippen LogP contribution in [0, 0.1) is 0 Å². The molecule has 0 aliphatic heterocycles. The number of allylic oxidation sites excluding steroid dienone is 1. The number of aromatic nitrogens is 2. The predicted octanol–water partition coefficient (Wildman–Crippen LogP) is 4.39. The van der Waals surface area contributed by atoms with Gasteiger partial charge in [0.2, 0.25) is 0 Å². The van der Waals surface area contributed by atoms with Gasteiger partial charge in [0.15, 0.2) is 5.78 Å². The smallest absolute Gasteiger partial charge is 0.189 e. The van der Waals surface area contributed by atoms with Crippen molar-refractivity contribution in [3.8, 4) is 11.5 Å². The molecule has 3 rings (SSSR count). The van der Waals surface area contributed by atoms with Gasteiger partial charge in [-0.3, -0.25) is 9.48 Å². The van der Waals surface area contributed by atoms with Crippen molar-refractivity contribution in [1.82, 2.24) is 9.78 Å². The summed E-state index contributed by atoms with van der Waals surface area (Å²) in [5.74, 6) is 1.47. The minimum Gasteiger partial charge on any atom is -0.496 e. The second kappa shape index (κ2) is 8.85. The lowest BCUT2D eigenvalue weighted by molar-refractivity contribution is 0.104. The van der Waals surface area contributed by atoms with Crippen LogP contribution >= 0.6 is 0 Å². The molecule has 0 spiro atoms. The lowest BCUT2D eigenvalue weighted by atomic mass is 10.1. The molecule has 0 unspecified atom stereocenters. The largest absolute Gasteiger partial charge is 0.496 e. The van der Waals surface area contributed by atoms with Crippen LogP contribution in [0.15, 0.2) is 67.0 Å². The number of rotatable bonds is 8. The van der Waals surface area contributed by atoms with Crippen molar-refractivity contribution in [1.29, 1.82) is 0 Å². The number of ether oxygens (including phenoxy) is 2. The van der Waals surface area contributed by atoms with Gasteiger partial charge in [0.25, 0.3) is 0 Å². The van der Waals surface area contributed by atoms with Crippen LogP contribution in [0.3, 0.4) is 0 Å². The van der Waals surface area contributed by atoms with E-state index in [0.717, 1.165) is 29.2 Å². The summed E-state index contributed by atoms with van der Waals surface area (Å²) in [5, 5.41) is 4.13. The number of carbonyl (C=O) groups is 1. The Morgan fingerprint density at radius 2 is 2.00 bits per heavy atom. The molecule has 2 aromatic carbocycles. The van der Waals surface area contributed by atoms with E-state index in [1.54, 1.807) is 36.3 Å². The van der Waals surface area contributed by atoms with Crippen LogP contribution in [0.5, 0.6) is 11.5 Å². The molecule has 0 bridgehead atoms. The highest BCUT2D eigenvalue weighted by Gasteiger charge is 2.07. The number of hydrogen-bond donors (Lipinski definition) is 0. The van der Waals surface area contributed by atoms with Gasteiger partial charge < -0.3 is 9.47 Å². The zero-order chi connectivity index (χ0) is 19.1. The van der Waals surface area contributed by atoms with E-state index in [0.29, 0.717) is 12.2 Å². The third-order valence-electron chi connectivity index (χ3n) is 4.11. The van der Waals surface area contributed by atoms with Crippen molar-refractivity contribution in [3.63, 3.8) is 0 Å². The minimum absolute atomic E-state index is 0.0763. The average Bonchev–Trinajstić information content (AvgIpc) is 3.20. The van der Waals surface area contributed by atoms with Crippen molar-refractivity contribution in [3.05, 3.63) is 83.7 Å². The summed E-state index contributed by atoms with van der Waals surface area (Å²) in [5.41, 5.74) is 2.39. The van der Waals surface area contributed by atoms with Gasteiger partial charge in [0.05, 0.1) is 18.9 Å². The van der Waals surface area contributed by atoms with E-state index in [1.807, 2.05) is 55.5 Å². The number of nitrogens with zero attached hydrogens (tertiary/aromatic N) is 2. The molecular formula is C22H22N2O3. The standard InChI is InChI=1S/C22H22N2O3/c1-3-24-15-19(14-23-24)21(25)11-9-17-10-12-22(26-2)18(13-17)16-27-20-7-5-4-6-8-20/h4-15H,3,16H2,1-2H3/b11-9+. The molecule has 0 fully saturated rings. The molecule has 0 saturated heterocycles. The van der Waals surface area contributed by atoms with Crippen LogP contribution in [-0.2, 0) is 13.2 Å². The Bertz CT molecular complexity index is 930. The van der Waals surface area contributed by atoms with Gasteiger partial charge in [-0.15, -0.1) is 0 Å². The molecule has 27 heavy (non-hydrogen) atoms. The fourth-order valence-electron chi connectivity index (χ4n) is 2.62. The fourth-order valence-corrected chi connectivity index (χ4v) is 2.62. The Kier molecular flexibility index (Phi) is 6.05. The van der Waals surface area contributed by atoms with E-state index in [1.165, 1.54) is 0 Å². The van der Waals surface area contributed by atoms with Crippen molar-refractivity contribution in [2.75, 3.05) is 7.11 Å². The summed E-state index contributed by atoms with van der Waals surface area (Å²) >= 11 is 0. The van der Waals surface area contributed by atoms with Crippen LogP contribution in [0.25, 0.3) is 6.08 Å². The SMILES string of the molecule is CCn1cc(C(=O)/C=C/c2ccc(OC)c(COc3ccccc3)c2)cn1. The third-order valence-corrected chi connectivity index (χ3v) is 4.11. The Hall–Kier alpha value is -3.34. The van der Waals surface area contributed by atoms with Crippen LogP contribution in [0.4, 0.5) is 0 Å². The quantitative estimate of drug-likeness (QED) is 0.441. The number of carbonyl (C=O) groups excluding carboxylic acids is 1. The van der Waals surface area contributed by atoms with E-state index in [4.69, 9.17) is 9.47 Å². The van der Waals surface area contributed by atoms with E-state index < -0.39 is 0 Å². The summed E-state index contributed by atoms with van der Waals surface area (Å²) in [6.07, 6.45) is 6.68. The maximum atomic E-state index is 12.3. The van der Waals surface area contributed by atoms with Gasteiger partial charge in [0, 0.05) is 18.3 Å². The van der Waals surface area contributed by atoms with Gasteiger partial charge in [-0.05, 0) is 42.8 Å². The predicted molar refractivity (Wildman–Crippen MR) is 105 cm³/mol. The van der Waals surface area contributed by atoms with Gasteiger partial charge in [0.1, 0.15) is 18.1 Å². The highest BCUT2D eigenvalue weighted by Crippen LogP contribution is 2.23. The maximum Gasteiger partial charge on any atom is 0.189 e. The monoisotopic (exact) mass is 362 g/mol. The first-order valence-electron chi connectivity index (χ1n) is 8.79. The zero-order valence-electron chi connectivity index (χ0n) is 15.5.